The molecule has 0 radical (unpaired) electrons. The maximum Gasteiger partial charge on any atom is 0.0646 e. The second kappa shape index (κ2) is 4.68. The quantitative estimate of drug-likeness (QED) is 0.278. The smallest absolute Gasteiger partial charge is 0.0646 e. The molecule has 0 saturated heterocycles. The van der Waals surface area contributed by atoms with E-state index in [1.165, 1.54) is 11.1 Å². The van der Waals surface area contributed by atoms with E-state index in [0.717, 1.165) is 44.1 Å². The van der Waals surface area contributed by atoms with Crippen LogP contribution in [-0.2, 0) is 0 Å². The van der Waals surface area contributed by atoms with E-state index >= 15 is 0 Å². The van der Waals surface area contributed by atoms with Crippen molar-refractivity contribution >= 4 is 44.1 Å². The largest absolute Gasteiger partial charge is 0.352 e. The van der Waals surface area contributed by atoms with Gasteiger partial charge >= 0.3 is 0 Å². The number of rotatable bonds is 0. The van der Waals surface area contributed by atoms with E-state index in [1.807, 2.05) is 12.1 Å². The number of aromatic amines is 4. The Morgan fingerprint density at radius 2 is 0.792 bits per heavy atom. The minimum atomic E-state index is 1.08. The van der Waals surface area contributed by atoms with Gasteiger partial charge in [-0.25, -0.2) is 0 Å². The summed E-state index contributed by atoms with van der Waals surface area (Å²) in [5.41, 5.74) is 11.3. The predicted octanol–water partition coefficient (Wildman–Crippen LogP) is 5.35. The maximum atomic E-state index is 3.55. The Kier molecular flexibility index (Phi) is 2.59. The topological polar surface area (TPSA) is 63.2 Å². The summed E-state index contributed by atoms with van der Waals surface area (Å²) in [7, 11) is 0. The lowest BCUT2D eigenvalue weighted by molar-refractivity contribution is 1.31. The van der Waals surface area contributed by atoms with Gasteiger partial charge in [-0.1, -0.05) is 12.1 Å². The molecular formula is C20H18N4. The van der Waals surface area contributed by atoms with Crippen LogP contribution in [0.15, 0.2) is 48.5 Å². The third-order valence-electron chi connectivity index (χ3n) is 4.80. The first-order valence-electron chi connectivity index (χ1n) is 8.14. The second-order valence-electron chi connectivity index (χ2n) is 6.47. The Bertz CT molecular complexity index is 1180. The van der Waals surface area contributed by atoms with Gasteiger partial charge in [0.05, 0.1) is 44.1 Å². The standard InChI is InChI=1S/C20H18N4/c1-11-7-15-16(8-12(11)2)24-20-10-18-17(9-19(20)23-15)21-13-5-3-4-6-14(13)22-18/h3-10,21-24H,1-2H3. The molecule has 3 aromatic carbocycles. The van der Waals surface area contributed by atoms with E-state index < -0.39 is 0 Å². The number of hydrogen-bond acceptors (Lipinski definition) is 0. The van der Waals surface area contributed by atoms with E-state index in [2.05, 4.69) is 70.2 Å². The highest BCUT2D eigenvalue weighted by Crippen LogP contribution is 2.24. The molecule has 4 N–H and O–H groups in total. The fourth-order valence-corrected chi connectivity index (χ4v) is 3.32. The summed E-state index contributed by atoms with van der Waals surface area (Å²) < 4.78 is 0. The molecule has 0 aliphatic carbocycles. The van der Waals surface area contributed by atoms with Gasteiger partial charge in [0.15, 0.2) is 0 Å². The number of nitrogens with one attached hydrogen (secondary N) is 4. The van der Waals surface area contributed by atoms with Gasteiger partial charge in [0.25, 0.3) is 0 Å². The minimum Gasteiger partial charge on any atom is -0.352 e. The van der Waals surface area contributed by atoms with Crippen molar-refractivity contribution in [2.45, 2.75) is 13.8 Å². The Hall–Kier alpha value is -3.14. The first-order valence-corrected chi connectivity index (χ1v) is 8.14. The summed E-state index contributed by atoms with van der Waals surface area (Å²) in [6, 6.07) is 16.9. The zero-order chi connectivity index (χ0) is 16.3. The molecule has 0 amide bonds. The van der Waals surface area contributed by atoms with Gasteiger partial charge in [-0.05, 0) is 61.4 Å². The van der Waals surface area contributed by atoms with Gasteiger partial charge in [0.2, 0.25) is 0 Å². The van der Waals surface area contributed by atoms with E-state index in [0.29, 0.717) is 0 Å². The summed E-state index contributed by atoms with van der Waals surface area (Å²) in [6.45, 7) is 4.28. The van der Waals surface area contributed by atoms with E-state index in [9.17, 15) is 0 Å². The normalized spacial score (nSPS) is 11.8. The molecule has 4 nitrogen and oxygen atoms in total. The van der Waals surface area contributed by atoms with Crippen LogP contribution in [0.25, 0.3) is 44.1 Å². The summed E-state index contributed by atoms with van der Waals surface area (Å²) in [4.78, 5) is 14.1. The fourth-order valence-electron chi connectivity index (χ4n) is 3.32. The second-order valence-corrected chi connectivity index (χ2v) is 6.47. The Labute approximate surface area is 138 Å². The SMILES string of the molecule is Cc1cc2[nH]c3cc4[nH]c5ccccc5[nH]c4cc3[nH]c2cc1C. The van der Waals surface area contributed by atoms with Crippen LogP contribution >= 0.6 is 0 Å². The molecule has 0 saturated carbocycles. The van der Waals surface area contributed by atoms with Crippen LogP contribution in [0, 0.1) is 13.8 Å². The van der Waals surface area contributed by atoms with Gasteiger partial charge in [-0.2, -0.15) is 0 Å². The van der Waals surface area contributed by atoms with Crippen LogP contribution in [0.4, 0.5) is 0 Å². The molecule has 2 heterocycles. The number of hydrogen-bond donors (Lipinski definition) is 4. The highest BCUT2D eigenvalue weighted by molar-refractivity contribution is 5.97. The average Bonchev–Trinajstić information content (AvgIpc) is 2.58. The van der Waals surface area contributed by atoms with Crippen molar-refractivity contribution in [3.8, 4) is 0 Å². The lowest BCUT2D eigenvalue weighted by Crippen LogP contribution is -1.93. The highest BCUT2D eigenvalue weighted by Gasteiger charge is 2.05. The van der Waals surface area contributed by atoms with Gasteiger partial charge in [-0.15, -0.1) is 0 Å². The Morgan fingerprint density at radius 1 is 0.458 bits per heavy atom. The molecule has 2 aromatic heterocycles. The van der Waals surface area contributed by atoms with Crippen LogP contribution in [0.3, 0.4) is 0 Å². The zero-order valence-corrected chi connectivity index (χ0v) is 13.6. The fraction of sp³-hybridized carbons (Fsp3) is 0.100. The van der Waals surface area contributed by atoms with Crippen molar-refractivity contribution in [1.29, 1.82) is 0 Å². The van der Waals surface area contributed by atoms with Crippen molar-refractivity contribution in [1.82, 2.24) is 19.9 Å². The minimum absolute atomic E-state index is 1.08. The molecule has 0 atom stereocenters. The van der Waals surface area contributed by atoms with Gasteiger partial charge in [0, 0.05) is 0 Å². The summed E-state index contributed by atoms with van der Waals surface area (Å²) in [6.07, 6.45) is 0. The maximum absolute atomic E-state index is 3.55. The van der Waals surface area contributed by atoms with Crippen LogP contribution in [-0.4, -0.2) is 19.9 Å². The van der Waals surface area contributed by atoms with Crippen molar-refractivity contribution in [2.75, 3.05) is 0 Å². The van der Waals surface area contributed by atoms with Crippen molar-refractivity contribution < 1.29 is 0 Å². The van der Waals surface area contributed by atoms with Crippen molar-refractivity contribution in [3.05, 3.63) is 59.7 Å². The number of para-hydroxylation sites is 2. The average molecular weight is 314 g/mol. The third kappa shape index (κ3) is 1.93. The first-order chi connectivity index (χ1) is 11.7. The molecule has 4 heteroatoms. The van der Waals surface area contributed by atoms with E-state index in [-0.39, 0.29) is 0 Å². The van der Waals surface area contributed by atoms with Gasteiger partial charge < -0.3 is 19.9 Å². The molecule has 0 fully saturated rings. The third-order valence-corrected chi connectivity index (χ3v) is 4.80. The predicted molar refractivity (Wildman–Crippen MR) is 101 cm³/mol. The Balaban J connectivity index is 1.89. The number of H-pyrrole nitrogens is 4. The van der Waals surface area contributed by atoms with Gasteiger partial charge in [0.1, 0.15) is 0 Å². The number of aromatic nitrogens is 4. The zero-order valence-electron chi connectivity index (χ0n) is 13.6. The summed E-state index contributed by atoms with van der Waals surface area (Å²) in [5, 5.41) is 0. The molecule has 0 unspecified atom stereocenters. The molecule has 0 bridgehead atoms. The lowest BCUT2D eigenvalue weighted by atomic mass is 10.1. The molecule has 118 valence electrons. The van der Waals surface area contributed by atoms with E-state index in [1.54, 1.807) is 0 Å². The molecular weight excluding hydrogens is 296 g/mol. The monoisotopic (exact) mass is 314 g/mol. The van der Waals surface area contributed by atoms with Crippen LogP contribution in [0.5, 0.6) is 0 Å². The number of benzene rings is 3. The lowest BCUT2D eigenvalue weighted by Gasteiger charge is -2.10. The van der Waals surface area contributed by atoms with Crippen LogP contribution in [0.2, 0.25) is 0 Å². The Morgan fingerprint density at radius 3 is 1.21 bits per heavy atom. The van der Waals surface area contributed by atoms with Crippen LogP contribution < -0.4 is 0 Å². The number of fused-ring (bicyclic) bond motifs is 4. The molecule has 5 aromatic rings. The first kappa shape index (κ1) is 13.3. The molecule has 5 rings (SSSR count). The van der Waals surface area contributed by atoms with Crippen molar-refractivity contribution in [2.24, 2.45) is 0 Å². The van der Waals surface area contributed by atoms with E-state index in [4.69, 9.17) is 0 Å². The molecule has 0 spiro atoms. The summed E-state index contributed by atoms with van der Waals surface area (Å²) in [5.74, 6) is 0. The number of aryl methyl sites for hydroxylation is 2. The van der Waals surface area contributed by atoms with Crippen LogP contribution in [0.1, 0.15) is 11.1 Å². The molecule has 0 aliphatic rings. The summed E-state index contributed by atoms with van der Waals surface area (Å²) >= 11 is 0. The molecule has 24 heavy (non-hydrogen) atoms. The van der Waals surface area contributed by atoms with Gasteiger partial charge in [-0.3, -0.25) is 0 Å². The van der Waals surface area contributed by atoms with Crippen molar-refractivity contribution in [3.63, 3.8) is 0 Å². The highest BCUT2D eigenvalue weighted by atomic mass is 14.8. The molecule has 0 aliphatic heterocycles.